The molecule has 2 heterocycles. The van der Waals surface area contributed by atoms with E-state index < -0.39 is 0 Å². The summed E-state index contributed by atoms with van der Waals surface area (Å²) in [6, 6.07) is 7.73. The summed E-state index contributed by atoms with van der Waals surface area (Å²) in [7, 11) is 1.63. The van der Waals surface area contributed by atoms with Crippen LogP contribution in [-0.4, -0.2) is 41.6 Å². The molecule has 0 spiro atoms. The molecule has 3 rings (SSSR count). The van der Waals surface area contributed by atoms with Crippen LogP contribution >= 0.6 is 0 Å². The third-order valence-corrected chi connectivity index (χ3v) is 4.82. The molecule has 2 N–H and O–H groups in total. The summed E-state index contributed by atoms with van der Waals surface area (Å²) in [4.78, 5) is 29.5. The Balaban J connectivity index is 1.71. The van der Waals surface area contributed by atoms with Crippen LogP contribution < -0.4 is 15.4 Å². The normalized spacial score (nSPS) is 12.8. The molecule has 148 valence electrons. The third-order valence-electron chi connectivity index (χ3n) is 4.82. The van der Waals surface area contributed by atoms with Crippen LogP contribution in [0.15, 0.2) is 36.9 Å². The molecule has 0 bridgehead atoms. The molecule has 1 aromatic carbocycles. The molecule has 0 saturated carbocycles. The largest absolute Gasteiger partial charge is 0.496 e. The summed E-state index contributed by atoms with van der Waals surface area (Å²) in [5.74, 6) is 0.578. The number of hydrogen-bond acceptors (Lipinski definition) is 4. The Labute approximate surface area is 164 Å². The quantitative estimate of drug-likeness (QED) is 0.685. The SMILES string of the molecule is C=CCNC(=O)c1nc(C(=O)NCCc2ccccc2OC)n2c1CCCC2. The summed E-state index contributed by atoms with van der Waals surface area (Å²) in [5, 5.41) is 5.67. The average Bonchev–Trinajstić information content (AvgIpc) is 3.12. The first kappa shape index (κ1) is 19.7. The lowest BCUT2D eigenvalue weighted by Gasteiger charge is -2.17. The second-order valence-corrected chi connectivity index (χ2v) is 6.66. The van der Waals surface area contributed by atoms with Gasteiger partial charge in [-0.15, -0.1) is 6.58 Å². The van der Waals surface area contributed by atoms with Crippen molar-refractivity contribution in [2.75, 3.05) is 20.2 Å². The van der Waals surface area contributed by atoms with Gasteiger partial charge >= 0.3 is 0 Å². The number of nitrogens with one attached hydrogen (secondary N) is 2. The molecule has 0 saturated heterocycles. The molecule has 7 nitrogen and oxygen atoms in total. The molecule has 0 aliphatic carbocycles. The van der Waals surface area contributed by atoms with Crippen molar-refractivity contribution in [2.24, 2.45) is 0 Å². The molecule has 0 fully saturated rings. The van der Waals surface area contributed by atoms with E-state index in [1.165, 1.54) is 0 Å². The molecule has 1 aliphatic heterocycles. The molecular formula is C21H26N4O3. The van der Waals surface area contributed by atoms with Gasteiger partial charge in [0, 0.05) is 19.6 Å². The fourth-order valence-electron chi connectivity index (χ4n) is 3.45. The molecule has 0 unspecified atom stereocenters. The maximum atomic E-state index is 12.7. The monoisotopic (exact) mass is 382 g/mol. The van der Waals surface area contributed by atoms with E-state index in [0.717, 1.165) is 36.3 Å². The highest BCUT2D eigenvalue weighted by Crippen LogP contribution is 2.21. The van der Waals surface area contributed by atoms with Crippen molar-refractivity contribution in [1.29, 1.82) is 0 Å². The minimum absolute atomic E-state index is 0.263. The molecular weight excluding hydrogens is 356 g/mol. The van der Waals surface area contributed by atoms with Crippen LogP contribution in [-0.2, 0) is 19.4 Å². The zero-order valence-electron chi connectivity index (χ0n) is 16.2. The van der Waals surface area contributed by atoms with Gasteiger partial charge in [0.05, 0.1) is 12.8 Å². The Morgan fingerprint density at radius 2 is 2.07 bits per heavy atom. The topological polar surface area (TPSA) is 85.2 Å². The van der Waals surface area contributed by atoms with Crippen LogP contribution in [0.2, 0.25) is 0 Å². The smallest absolute Gasteiger partial charge is 0.287 e. The van der Waals surface area contributed by atoms with Crippen LogP contribution in [0.1, 0.15) is 45.2 Å². The highest BCUT2D eigenvalue weighted by molar-refractivity contribution is 5.97. The lowest BCUT2D eigenvalue weighted by molar-refractivity contribution is 0.0938. The number of methoxy groups -OCH3 is 1. The standard InChI is InChI=1S/C21H26N4O3/c1-3-12-22-20(26)18-16-9-6-7-14-25(16)19(24-18)21(27)23-13-11-15-8-4-5-10-17(15)28-2/h3-5,8,10H,1,6-7,9,11-14H2,2H3,(H,22,26)(H,23,27). The number of amides is 2. The predicted molar refractivity (Wildman–Crippen MR) is 107 cm³/mol. The highest BCUT2D eigenvalue weighted by Gasteiger charge is 2.27. The number of para-hydroxylation sites is 1. The van der Waals surface area contributed by atoms with Crippen molar-refractivity contribution in [3.8, 4) is 5.75 Å². The number of aromatic nitrogens is 2. The second kappa shape index (κ2) is 9.21. The maximum absolute atomic E-state index is 12.7. The summed E-state index contributed by atoms with van der Waals surface area (Å²) in [6.07, 6.45) is 4.97. The van der Waals surface area contributed by atoms with Crippen molar-refractivity contribution in [2.45, 2.75) is 32.2 Å². The first-order valence-corrected chi connectivity index (χ1v) is 9.54. The van der Waals surface area contributed by atoms with Gasteiger partial charge in [0.2, 0.25) is 0 Å². The molecule has 7 heteroatoms. The van der Waals surface area contributed by atoms with Gasteiger partial charge in [-0.05, 0) is 37.3 Å². The summed E-state index contributed by atoms with van der Waals surface area (Å²) in [6.45, 7) is 5.13. The Hall–Kier alpha value is -3.09. The number of imidazole rings is 1. The van der Waals surface area contributed by atoms with Gasteiger partial charge in [-0.3, -0.25) is 9.59 Å². The van der Waals surface area contributed by atoms with Crippen LogP contribution in [0.5, 0.6) is 5.75 Å². The Kier molecular flexibility index (Phi) is 6.47. The molecule has 28 heavy (non-hydrogen) atoms. The van der Waals surface area contributed by atoms with Gasteiger partial charge in [-0.25, -0.2) is 4.98 Å². The number of carbonyl (C=O) groups is 2. The van der Waals surface area contributed by atoms with E-state index in [1.54, 1.807) is 13.2 Å². The Morgan fingerprint density at radius 1 is 1.25 bits per heavy atom. The van der Waals surface area contributed by atoms with E-state index in [9.17, 15) is 9.59 Å². The second-order valence-electron chi connectivity index (χ2n) is 6.66. The fraction of sp³-hybridized carbons (Fsp3) is 0.381. The average molecular weight is 382 g/mol. The number of nitrogens with zero attached hydrogens (tertiary/aromatic N) is 2. The zero-order valence-corrected chi connectivity index (χ0v) is 16.2. The number of hydrogen-bond donors (Lipinski definition) is 2. The van der Waals surface area contributed by atoms with E-state index in [-0.39, 0.29) is 11.8 Å². The number of benzene rings is 1. The van der Waals surface area contributed by atoms with Crippen molar-refractivity contribution >= 4 is 11.8 Å². The van der Waals surface area contributed by atoms with Crippen molar-refractivity contribution in [3.63, 3.8) is 0 Å². The van der Waals surface area contributed by atoms with Crippen molar-refractivity contribution < 1.29 is 14.3 Å². The van der Waals surface area contributed by atoms with Crippen molar-refractivity contribution in [3.05, 3.63) is 59.7 Å². The van der Waals surface area contributed by atoms with Crippen molar-refractivity contribution in [1.82, 2.24) is 20.2 Å². The highest BCUT2D eigenvalue weighted by atomic mass is 16.5. The minimum Gasteiger partial charge on any atom is -0.496 e. The van der Waals surface area contributed by atoms with Crippen LogP contribution in [0.25, 0.3) is 0 Å². The predicted octanol–water partition coefficient (Wildman–Crippen LogP) is 2.12. The number of carbonyl (C=O) groups excluding carboxylic acids is 2. The van der Waals surface area contributed by atoms with E-state index in [4.69, 9.17) is 4.74 Å². The molecule has 2 aromatic rings. The maximum Gasteiger partial charge on any atom is 0.287 e. The first-order valence-electron chi connectivity index (χ1n) is 9.54. The van der Waals surface area contributed by atoms with Crippen LogP contribution in [0.4, 0.5) is 0 Å². The Morgan fingerprint density at radius 3 is 2.86 bits per heavy atom. The lowest BCUT2D eigenvalue weighted by atomic mass is 10.1. The Bertz CT molecular complexity index is 873. The van der Waals surface area contributed by atoms with Gasteiger partial charge in [0.25, 0.3) is 11.8 Å². The summed E-state index contributed by atoms with van der Waals surface area (Å²) in [5.41, 5.74) is 2.21. The summed E-state index contributed by atoms with van der Waals surface area (Å²) >= 11 is 0. The van der Waals surface area contributed by atoms with Gasteiger partial charge < -0.3 is 19.9 Å². The van der Waals surface area contributed by atoms with E-state index in [2.05, 4.69) is 22.2 Å². The molecule has 0 radical (unpaired) electrons. The molecule has 1 aromatic heterocycles. The molecule has 2 amide bonds. The van der Waals surface area contributed by atoms with Gasteiger partial charge in [0.15, 0.2) is 5.82 Å². The number of fused-ring (bicyclic) bond motifs is 1. The fourth-order valence-corrected chi connectivity index (χ4v) is 3.45. The van der Waals surface area contributed by atoms with Gasteiger partial charge in [-0.2, -0.15) is 0 Å². The molecule has 1 aliphatic rings. The van der Waals surface area contributed by atoms with Gasteiger partial charge in [-0.1, -0.05) is 24.3 Å². The third kappa shape index (κ3) is 4.24. The van der Waals surface area contributed by atoms with E-state index in [1.807, 2.05) is 28.8 Å². The van der Waals surface area contributed by atoms with Gasteiger partial charge in [0.1, 0.15) is 11.4 Å². The minimum atomic E-state index is -0.265. The number of ether oxygens (including phenoxy) is 1. The zero-order chi connectivity index (χ0) is 19.9. The number of rotatable bonds is 8. The first-order chi connectivity index (χ1) is 13.7. The molecule has 0 atom stereocenters. The van der Waals surface area contributed by atoms with E-state index in [0.29, 0.717) is 37.6 Å². The van der Waals surface area contributed by atoms with Crippen LogP contribution in [0.3, 0.4) is 0 Å². The van der Waals surface area contributed by atoms with E-state index >= 15 is 0 Å². The summed E-state index contributed by atoms with van der Waals surface area (Å²) < 4.78 is 7.22. The van der Waals surface area contributed by atoms with Crippen LogP contribution in [0, 0.1) is 0 Å². The lowest BCUT2D eigenvalue weighted by Crippen LogP contribution is -2.29.